The standard InChI is InChI=1S/C17H25N3O4S/c1-14-5-7-15(8-6-14)25(22,23)18-13-19-9-11-20(12-10-19)16(21)24-17(2,3)4/h5-8,13H,9-12H2,1-4H3/b18-13+. The highest BCUT2D eigenvalue weighted by Crippen LogP contribution is 2.14. The Morgan fingerprint density at radius 2 is 1.68 bits per heavy atom. The van der Waals surface area contributed by atoms with Gasteiger partial charge in [0.1, 0.15) is 11.9 Å². The third-order valence-corrected chi connectivity index (χ3v) is 4.87. The Morgan fingerprint density at radius 1 is 1.12 bits per heavy atom. The molecule has 1 heterocycles. The molecule has 0 aromatic heterocycles. The molecule has 0 atom stereocenters. The summed E-state index contributed by atoms with van der Waals surface area (Å²) in [6.45, 7) is 9.30. The maximum absolute atomic E-state index is 12.2. The van der Waals surface area contributed by atoms with Crippen molar-refractivity contribution in [1.82, 2.24) is 9.80 Å². The van der Waals surface area contributed by atoms with Crippen LogP contribution in [-0.2, 0) is 14.8 Å². The zero-order valence-corrected chi connectivity index (χ0v) is 15.9. The molecular formula is C17H25N3O4S. The summed E-state index contributed by atoms with van der Waals surface area (Å²) in [6.07, 6.45) is 0.984. The molecule has 1 amide bonds. The van der Waals surface area contributed by atoms with Gasteiger partial charge in [-0.1, -0.05) is 17.7 Å². The molecule has 25 heavy (non-hydrogen) atoms. The molecule has 0 aliphatic carbocycles. The summed E-state index contributed by atoms with van der Waals surface area (Å²) >= 11 is 0. The van der Waals surface area contributed by atoms with Crippen LogP contribution in [0.2, 0.25) is 0 Å². The van der Waals surface area contributed by atoms with Crippen LogP contribution >= 0.6 is 0 Å². The van der Waals surface area contributed by atoms with Crippen LogP contribution in [0, 0.1) is 6.92 Å². The first-order valence-electron chi connectivity index (χ1n) is 8.16. The van der Waals surface area contributed by atoms with Gasteiger partial charge < -0.3 is 14.5 Å². The summed E-state index contributed by atoms with van der Waals surface area (Å²) < 4.78 is 33.5. The predicted molar refractivity (Wildman–Crippen MR) is 96.2 cm³/mol. The minimum Gasteiger partial charge on any atom is -0.444 e. The number of benzene rings is 1. The Labute approximate surface area is 149 Å². The van der Waals surface area contributed by atoms with Crippen molar-refractivity contribution < 1.29 is 17.9 Å². The number of aryl methyl sites for hydroxylation is 1. The van der Waals surface area contributed by atoms with Gasteiger partial charge in [0.15, 0.2) is 0 Å². The number of ether oxygens (including phenoxy) is 1. The minimum absolute atomic E-state index is 0.168. The number of piperazine rings is 1. The van der Waals surface area contributed by atoms with Crippen LogP contribution in [0.1, 0.15) is 26.3 Å². The van der Waals surface area contributed by atoms with Gasteiger partial charge in [-0.25, -0.2) is 4.79 Å². The first-order valence-corrected chi connectivity index (χ1v) is 9.60. The second-order valence-electron chi connectivity index (χ2n) is 7.01. The monoisotopic (exact) mass is 367 g/mol. The number of sulfonamides is 1. The van der Waals surface area contributed by atoms with E-state index >= 15 is 0 Å². The third kappa shape index (κ3) is 5.74. The van der Waals surface area contributed by atoms with Gasteiger partial charge in [-0.2, -0.15) is 8.42 Å². The fourth-order valence-electron chi connectivity index (χ4n) is 2.25. The summed E-state index contributed by atoms with van der Waals surface area (Å²) in [5.41, 5.74) is 0.457. The first-order chi connectivity index (χ1) is 11.6. The predicted octanol–water partition coefficient (Wildman–Crippen LogP) is 2.26. The number of carbonyl (C=O) groups excluding carboxylic acids is 1. The lowest BCUT2D eigenvalue weighted by atomic mass is 10.2. The van der Waals surface area contributed by atoms with Crippen molar-refractivity contribution >= 4 is 22.5 Å². The Hall–Kier alpha value is -2.09. The van der Waals surface area contributed by atoms with Crippen LogP contribution in [0.25, 0.3) is 0 Å². The number of nitrogens with zero attached hydrogens (tertiary/aromatic N) is 3. The summed E-state index contributed by atoms with van der Waals surface area (Å²) in [6, 6.07) is 6.56. The van der Waals surface area contributed by atoms with Gasteiger partial charge in [0, 0.05) is 26.2 Å². The fraction of sp³-hybridized carbons (Fsp3) is 0.529. The van der Waals surface area contributed by atoms with Gasteiger partial charge in [0.2, 0.25) is 0 Å². The van der Waals surface area contributed by atoms with Crippen molar-refractivity contribution in [3.05, 3.63) is 29.8 Å². The van der Waals surface area contributed by atoms with Crippen molar-refractivity contribution in [3.8, 4) is 0 Å². The molecule has 7 nitrogen and oxygen atoms in total. The molecule has 2 rings (SSSR count). The first kappa shape index (κ1) is 19.2. The lowest BCUT2D eigenvalue weighted by molar-refractivity contribution is 0.0189. The number of hydrogen-bond donors (Lipinski definition) is 0. The maximum Gasteiger partial charge on any atom is 0.410 e. The molecule has 138 valence electrons. The molecule has 8 heteroatoms. The van der Waals surface area contributed by atoms with E-state index in [1.165, 1.54) is 6.34 Å². The molecule has 0 bridgehead atoms. The van der Waals surface area contributed by atoms with Crippen molar-refractivity contribution in [3.63, 3.8) is 0 Å². The molecule has 1 aliphatic rings. The van der Waals surface area contributed by atoms with Gasteiger partial charge in [-0.15, -0.1) is 4.40 Å². The lowest BCUT2D eigenvalue weighted by Gasteiger charge is -2.34. The highest BCUT2D eigenvalue weighted by atomic mass is 32.2. The van der Waals surface area contributed by atoms with Crippen molar-refractivity contribution in [2.45, 2.75) is 38.2 Å². The van der Waals surface area contributed by atoms with Gasteiger partial charge in [-0.3, -0.25) is 0 Å². The zero-order chi connectivity index (χ0) is 18.7. The molecule has 0 spiro atoms. The molecule has 0 saturated carbocycles. The van der Waals surface area contributed by atoms with E-state index in [0.717, 1.165) is 5.56 Å². The summed E-state index contributed by atoms with van der Waals surface area (Å²) in [7, 11) is -3.71. The second kappa shape index (κ2) is 7.43. The molecule has 1 fully saturated rings. The molecular weight excluding hydrogens is 342 g/mol. The summed E-state index contributed by atoms with van der Waals surface area (Å²) in [5.74, 6) is 0. The van der Waals surface area contributed by atoms with Crippen molar-refractivity contribution in [2.24, 2.45) is 4.40 Å². The van der Waals surface area contributed by atoms with E-state index in [9.17, 15) is 13.2 Å². The molecule has 1 aromatic carbocycles. The average molecular weight is 367 g/mol. The second-order valence-corrected chi connectivity index (χ2v) is 8.64. The van der Waals surface area contributed by atoms with Crippen LogP contribution in [0.3, 0.4) is 0 Å². The highest BCUT2D eigenvalue weighted by Gasteiger charge is 2.25. The molecule has 1 aliphatic heterocycles. The number of rotatable bonds is 3. The molecule has 0 radical (unpaired) electrons. The highest BCUT2D eigenvalue weighted by molar-refractivity contribution is 7.90. The van der Waals surface area contributed by atoms with E-state index in [-0.39, 0.29) is 11.0 Å². The Balaban J connectivity index is 1.92. The number of hydrogen-bond acceptors (Lipinski definition) is 4. The minimum atomic E-state index is -3.71. The largest absolute Gasteiger partial charge is 0.444 e. The van der Waals surface area contributed by atoms with E-state index in [0.29, 0.717) is 26.2 Å². The number of amides is 1. The van der Waals surface area contributed by atoms with Crippen LogP contribution in [-0.4, -0.2) is 62.4 Å². The van der Waals surface area contributed by atoms with E-state index in [4.69, 9.17) is 4.74 Å². The van der Waals surface area contributed by atoms with E-state index in [2.05, 4.69) is 4.40 Å². The zero-order valence-electron chi connectivity index (χ0n) is 15.1. The quantitative estimate of drug-likeness (QED) is 0.605. The molecule has 0 N–H and O–H groups in total. The lowest BCUT2D eigenvalue weighted by Crippen LogP contribution is -2.49. The van der Waals surface area contributed by atoms with Crippen LogP contribution in [0.4, 0.5) is 4.79 Å². The van der Waals surface area contributed by atoms with Crippen molar-refractivity contribution in [2.75, 3.05) is 26.2 Å². The molecule has 1 saturated heterocycles. The third-order valence-electron chi connectivity index (χ3n) is 3.63. The van der Waals surface area contributed by atoms with Gasteiger partial charge in [0.05, 0.1) is 4.90 Å². The maximum atomic E-state index is 12.2. The van der Waals surface area contributed by atoms with Gasteiger partial charge in [0.25, 0.3) is 10.0 Å². The average Bonchev–Trinajstić information content (AvgIpc) is 2.52. The summed E-state index contributed by atoms with van der Waals surface area (Å²) in [5, 5.41) is 0. The van der Waals surface area contributed by atoms with Crippen molar-refractivity contribution in [1.29, 1.82) is 0 Å². The van der Waals surface area contributed by atoms with Crippen LogP contribution < -0.4 is 0 Å². The normalized spacial score (nSPS) is 16.3. The number of carbonyl (C=O) groups is 1. The fourth-order valence-corrected chi connectivity index (χ4v) is 3.11. The van der Waals surface area contributed by atoms with Gasteiger partial charge >= 0.3 is 6.09 Å². The topological polar surface area (TPSA) is 79.3 Å². The smallest absolute Gasteiger partial charge is 0.410 e. The Morgan fingerprint density at radius 3 is 2.20 bits per heavy atom. The van der Waals surface area contributed by atoms with Crippen LogP contribution in [0.5, 0.6) is 0 Å². The molecule has 1 aromatic rings. The van der Waals surface area contributed by atoms with Crippen LogP contribution in [0.15, 0.2) is 33.6 Å². The SMILES string of the molecule is Cc1ccc(S(=O)(=O)/N=C/N2CCN(C(=O)OC(C)(C)C)CC2)cc1. The van der Waals surface area contributed by atoms with E-state index in [1.807, 2.05) is 27.7 Å². The summed E-state index contributed by atoms with van der Waals surface area (Å²) in [4.78, 5) is 15.6. The molecule has 0 unspecified atom stereocenters. The van der Waals surface area contributed by atoms with E-state index < -0.39 is 15.6 Å². The Kier molecular flexibility index (Phi) is 5.72. The Bertz CT molecular complexity index is 728. The van der Waals surface area contributed by atoms with E-state index in [1.54, 1.807) is 34.1 Å². The van der Waals surface area contributed by atoms with Gasteiger partial charge in [-0.05, 0) is 39.8 Å².